The van der Waals surface area contributed by atoms with Crippen molar-refractivity contribution in [2.24, 2.45) is 0 Å². The molecule has 3 nitrogen and oxygen atoms in total. The zero-order valence-corrected chi connectivity index (χ0v) is 4.44. The van der Waals surface area contributed by atoms with Gasteiger partial charge in [0.05, 0.1) is 5.34 Å². The molecule has 54 valence electrons. The Morgan fingerprint density at radius 2 is 2.00 bits per heavy atom. The minimum absolute atomic E-state index is 0.245. The van der Waals surface area contributed by atoms with Gasteiger partial charge in [0.25, 0.3) is 0 Å². The molecule has 0 aromatic rings. The number of hydrogen-bond donors (Lipinski definition) is 1. The van der Waals surface area contributed by atoms with Crippen LogP contribution in [0, 0.1) is 0 Å². The fraction of sp³-hybridized carbons (Fsp3) is 0.667. The second-order valence-corrected chi connectivity index (χ2v) is 1.49. The Kier molecular flexibility index (Phi) is 2.03. The van der Waals surface area contributed by atoms with Gasteiger partial charge in [-0.05, 0) is 6.92 Å². The fourth-order valence-electron chi connectivity index (χ4n) is 0.0723. The van der Waals surface area contributed by atoms with Crippen LogP contribution in [0.1, 0.15) is 6.92 Å². The van der Waals surface area contributed by atoms with Crippen molar-refractivity contribution in [3.8, 4) is 0 Å². The lowest BCUT2D eigenvalue weighted by atomic mass is 10.3. The lowest BCUT2D eigenvalue weighted by Crippen LogP contribution is -2.39. The number of alkyl halides is 1. The lowest BCUT2D eigenvalue weighted by molar-refractivity contribution is -0.269. The zero-order valence-electron chi connectivity index (χ0n) is 4.44. The number of aliphatic carboxylic acids is 1. The second kappa shape index (κ2) is 2.22. The molecular formula is C3H4F3NO2. The Morgan fingerprint density at radius 3 is 2.00 bits per heavy atom. The van der Waals surface area contributed by atoms with Crippen molar-refractivity contribution in [2.45, 2.75) is 12.7 Å². The van der Waals surface area contributed by atoms with Crippen molar-refractivity contribution in [2.75, 3.05) is 0 Å². The molecule has 1 atom stereocenters. The van der Waals surface area contributed by atoms with Crippen molar-refractivity contribution in [1.29, 1.82) is 0 Å². The molecule has 0 saturated carbocycles. The largest absolute Gasteiger partial charge is 0.478 e. The third-order valence-corrected chi connectivity index (χ3v) is 0.708. The molecule has 0 rings (SSSR count). The smallest absolute Gasteiger partial charge is 0.362 e. The molecule has 0 aromatic carbocycles. The highest BCUT2D eigenvalue weighted by Gasteiger charge is 2.42. The van der Waals surface area contributed by atoms with Crippen molar-refractivity contribution >= 4 is 5.97 Å². The maximum atomic E-state index is 11.9. The van der Waals surface area contributed by atoms with E-state index in [1.54, 1.807) is 0 Å². The molecule has 0 amide bonds. The molecule has 0 bridgehead atoms. The fourth-order valence-corrected chi connectivity index (χ4v) is 0.0723. The summed E-state index contributed by atoms with van der Waals surface area (Å²) < 4.78 is 34.2. The zero-order chi connectivity index (χ0) is 7.65. The summed E-state index contributed by atoms with van der Waals surface area (Å²) in [6.45, 7) is 0.245. The van der Waals surface area contributed by atoms with E-state index >= 15 is 0 Å². The highest BCUT2D eigenvalue weighted by Crippen LogP contribution is 2.17. The summed E-state index contributed by atoms with van der Waals surface area (Å²) in [7, 11) is 0. The number of carbonyl (C=O) groups is 1. The predicted molar refractivity (Wildman–Crippen MR) is 21.2 cm³/mol. The lowest BCUT2D eigenvalue weighted by Gasteiger charge is -2.12. The summed E-state index contributed by atoms with van der Waals surface area (Å²) in [6, 6.07) is 0. The molecule has 0 fully saturated rings. The van der Waals surface area contributed by atoms with Crippen molar-refractivity contribution in [1.82, 2.24) is 5.34 Å². The average Bonchev–Trinajstić information content (AvgIpc) is 1.65. The number of carboxylic acids is 1. The van der Waals surface area contributed by atoms with Crippen molar-refractivity contribution in [3.63, 3.8) is 0 Å². The average molecular weight is 143 g/mol. The van der Waals surface area contributed by atoms with E-state index in [0.717, 1.165) is 0 Å². The van der Waals surface area contributed by atoms with Gasteiger partial charge in [0, 0.05) is 0 Å². The number of halogens is 3. The summed E-state index contributed by atoms with van der Waals surface area (Å²) in [4.78, 5) is 9.57. The van der Waals surface area contributed by atoms with E-state index in [9.17, 15) is 18.1 Å². The van der Waals surface area contributed by atoms with Crippen LogP contribution in [-0.4, -0.2) is 22.2 Å². The van der Waals surface area contributed by atoms with Gasteiger partial charge in [-0.3, -0.25) is 0 Å². The molecule has 0 saturated heterocycles. The molecule has 0 radical (unpaired) electrons. The normalized spacial score (nSPS) is 17.4. The first kappa shape index (κ1) is 8.22. The van der Waals surface area contributed by atoms with E-state index in [1.165, 1.54) is 0 Å². The van der Waals surface area contributed by atoms with Crippen LogP contribution in [0.5, 0.6) is 0 Å². The van der Waals surface area contributed by atoms with Gasteiger partial charge in [0.1, 0.15) is 0 Å². The molecule has 0 aliphatic heterocycles. The van der Waals surface area contributed by atoms with Crippen LogP contribution in [0.3, 0.4) is 0 Å². The van der Waals surface area contributed by atoms with Crippen LogP contribution in [-0.2, 0) is 4.79 Å². The second-order valence-electron chi connectivity index (χ2n) is 1.49. The van der Waals surface area contributed by atoms with Gasteiger partial charge in [0.2, 0.25) is 0 Å². The third kappa shape index (κ3) is 1.56. The van der Waals surface area contributed by atoms with E-state index in [2.05, 4.69) is 0 Å². The van der Waals surface area contributed by atoms with Gasteiger partial charge in [-0.15, -0.1) is 0 Å². The van der Waals surface area contributed by atoms with Crippen LogP contribution in [0.2, 0.25) is 0 Å². The van der Waals surface area contributed by atoms with E-state index in [-0.39, 0.29) is 6.92 Å². The van der Waals surface area contributed by atoms with Crippen LogP contribution in [0.25, 0.3) is 0 Å². The molecule has 0 aliphatic carbocycles. The van der Waals surface area contributed by atoms with Crippen molar-refractivity contribution < 1.29 is 23.3 Å². The molecular weight excluding hydrogens is 139 g/mol. The number of rotatable bonds is 2. The number of nitrogens with zero attached hydrogens (tertiary/aromatic N) is 1. The third-order valence-electron chi connectivity index (χ3n) is 0.708. The Hall–Kier alpha value is -0.780. The Labute approximate surface area is 48.6 Å². The van der Waals surface area contributed by atoms with E-state index in [0.29, 0.717) is 0 Å². The molecule has 0 aliphatic rings. The first-order chi connectivity index (χ1) is 3.89. The summed E-state index contributed by atoms with van der Waals surface area (Å²) >= 11 is 0. The maximum absolute atomic E-state index is 11.9. The number of hydrogen-bond acceptors (Lipinski definition) is 2. The van der Waals surface area contributed by atoms with Crippen LogP contribution < -0.4 is 0 Å². The molecule has 1 N–H and O–H groups in total. The first-order valence-corrected chi connectivity index (χ1v) is 1.93. The number of carboxylic acid groups (broad SMARTS) is 1. The van der Waals surface area contributed by atoms with Crippen LogP contribution >= 0.6 is 0 Å². The molecule has 0 unspecified atom stereocenters. The van der Waals surface area contributed by atoms with Gasteiger partial charge in [-0.1, -0.05) is 8.96 Å². The Balaban J connectivity index is 4.19. The van der Waals surface area contributed by atoms with Gasteiger partial charge < -0.3 is 5.11 Å². The topological polar surface area (TPSA) is 40.5 Å². The highest BCUT2D eigenvalue weighted by atomic mass is 19.4. The first-order valence-electron chi connectivity index (χ1n) is 1.93. The molecule has 9 heavy (non-hydrogen) atoms. The summed E-state index contributed by atoms with van der Waals surface area (Å²) in [5, 5.41) is 5.71. The highest BCUT2D eigenvalue weighted by molar-refractivity contribution is 5.75. The summed E-state index contributed by atoms with van der Waals surface area (Å²) in [5.74, 6) is -5.80. The summed E-state index contributed by atoms with van der Waals surface area (Å²) in [5.41, 5.74) is 0. The van der Waals surface area contributed by atoms with E-state index in [1.807, 2.05) is 0 Å². The van der Waals surface area contributed by atoms with E-state index < -0.39 is 17.1 Å². The summed E-state index contributed by atoms with van der Waals surface area (Å²) in [6.07, 6.45) is 0. The van der Waals surface area contributed by atoms with Gasteiger partial charge in [-0.25, -0.2) is 9.18 Å². The maximum Gasteiger partial charge on any atom is 0.362 e. The minimum Gasteiger partial charge on any atom is -0.478 e. The molecule has 6 heteroatoms. The SMILES string of the molecule is C[C@@](F)(C(=O)O)N(F)F. The van der Waals surface area contributed by atoms with Gasteiger partial charge >= 0.3 is 11.8 Å². The van der Waals surface area contributed by atoms with Gasteiger partial charge in [-0.2, -0.15) is 0 Å². The Bertz CT molecular complexity index is 124. The molecule has 0 aromatic heterocycles. The van der Waals surface area contributed by atoms with Crippen molar-refractivity contribution in [3.05, 3.63) is 0 Å². The molecule has 0 spiro atoms. The van der Waals surface area contributed by atoms with E-state index in [4.69, 9.17) is 5.11 Å². The van der Waals surface area contributed by atoms with Crippen LogP contribution in [0.15, 0.2) is 0 Å². The van der Waals surface area contributed by atoms with Gasteiger partial charge in [0.15, 0.2) is 0 Å². The molecule has 0 heterocycles. The predicted octanol–water partition coefficient (Wildman–Crippen LogP) is 0.828. The quantitative estimate of drug-likeness (QED) is 0.459. The van der Waals surface area contributed by atoms with Crippen LogP contribution in [0.4, 0.5) is 13.4 Å². The standard InChI is InChI=1S/C3H4F3NO2/c1-3(4,2(8)9)7(5)6/h1H3,(H,8,9)/t3-/m0/s1. The monoisotopic (exact) mass is 143 g/mol. The minimum atomic E-state index is -3.58. The Morgan fingerprint density at radius 1 is 1.67 bits per heavy atom.